The second-order valence-corrected chi connectivity index (χ2v) is 1.15. The molecule has 0 aromatic carbocycles. The van der Waals surface area contributed by atoms with Gasteiger partial charge in [0.1, 0.15) is 6.34 Å². The SMILES string of the molecule is CN1C=NN=C[N]1. The minimum atomic E-state index is 1.39. The summed E-state index contributed by atoms with van der Waals surface area (Å²) in [5.74, 6) is 0. The van der Waals surface area contributed by atoms with Crippen molar-refractivity contribution in [3.05, 3.63) is 0 Å². The maximum atomic E-state index is 3.72. The maximum Gasteiger partial charge on any atom is 0.158 e. The summed E-state index contributed by atoms with van der Waals surface area (Å²) in [4.78, 5) is 0. The van der Waals surface area contributed by atoms with Crippen LogP contribution in [0.1, 0.15) is 0 Å². The standard InChI is InChI=1S/C3H5N4/c1-7-3-5-4-2-6-7/h2-3H,1H3. The molecule has 1 heterocycles. The third kappa shape index (κ3) is 0.887. The molecule has 0 aromatic rings. The Morgan fingerprint density at radius 2 is 2.29 bits per heavy atom. The minimum absolute atomic E-state index is 1.39. The molecule has 0 saturated carbocycles. The lowest BCUT2D eigenvalue weighted by Crippen LogP contribution is -2.26. The van der Waals surface area contributed by atoms with Crippen LogP contribution in [-0.4, -0.2) is 24.7 Å². The zero-order chi connectivity index (χ0) is 5.11. The number of nitrogens with zero attached hydrogens (tertiary/aromatic N) is 4. The van der Waals surface area contributed by atoms with E-state index in [9.17, 15) is 0 Å². The first kappa shape index (κ1) is 4.11. The molecule has 4 heteroatoms. The van der Waals surface area contributed by atoms with Gasteiger partial charge < -0.3 is 0 Å². The van der Waals surface area contributed by atoms with Gasteiger partial charge in [0.05, 0.1) is 0 Å². The van der Waals surface area contributed by atoms with Crippen molar-refractivity contribution in [2.45, 2.75) is 0 Å². The summed E-state index contributed by atoms with van der Waals surface area (Å²) in [6.07, 6.45) is 2.92. The van der Waals surface area contributed by atoms with Gasteiger partial charge in [-0.05, 0) is 0 Å². The van der Waals surface area contributed by atoms with E-state index in [1.54, 1.807) is 12.1 Å². The Morgan fingerprint density at radius 1 is 1.43 bits per heavy atom. The molecule has 37 valence electrons. The van der Waals surface area contributed by atoms with Crippen molar-refractivity contribution in [3.8, 4) is 0 Å². The van der Waals surface area contributed by atoms with Crippen LogP contribution in [0.5, 0.6) is 0 Å². The quantitative estimate of drug-likeness (QED) is 0.399. The summed E-state index contributed by atoms with van der Waals surface area (Å²) in [5, 5.41) is 8.57. The van der Waals surface area contributed by atoms with Crippen LogP contribution in [-0.2, 0) is 0 Å². The molecule has 0 amide bonds. The lowest BCUT2D eigenvalue weighted by Gasteiger charge is -2.07. The van der Waals surface area contributed by atoms with Crippen LogP contribution >= 0.6 is 0 Å². The van der Waals surface area contributed by atoms with Gasteiger partial charge in [0.15, 0.2) is 6.34 Å². The number of hydrogen-bond acceptors (Lipinski definition) is 3. The van der Waals surface area contributed by atoms with Crippen molar-refractivity contribution in [3.63, 3.8) is 0 Å². The normalized spacial score (nSPS) is 17.0. The second kappa shape index (κ2) is 1.59. The van der Waals surface area contributed by atoms with Crippen molar-refractivity contribution in [1.82, 2.24) is 10.4 Å². The predicted molar refractivity (Wildman–Crippen MR) is 26.9 cm³/mol. The molecule has 1 aliphatic heterocycles. The first-order valence-electron chi connectivity index (χ1n) is 1.88. The van der Waals surface area contributed by atoms with Gasteiger partial charge in [-0.25, -0.2) is 0 Å². The van der Waals surface area contributed by atoms with Crippen LogP contribution in [0.3, 0.4) is 0 Å². The van der Waals surface area contributed by atoms with Gasteiger partial charge >= 0.3 is 0 Å². The highest BCUT2D eigenvalue weighted by Crippen LogP contribution is 1.76. The molecule has 1 rings (SSSR count). The molecule has 0 aromatic heterocycles. The lowest BCUT2D eigenvalue weighted by molar-refractivity contribution is 0.458. The maximum absolute atomic E-state index is 3.72. The van der Waals surface area contributed by atoms with Crippen molar-refractivity contribution >= 4 is 12.7 Å². The lowest BCUT2D eigenvalue weighted by atomic mass is 11.0. The Hall–Kier alpha value is -1.06. The number of rotatable bonds is 0. The van der Waals surface area contributed by atoms with Crippen molar-refractivity contribution in [1.29, 1.82) is 0 Å². The molecule has 0 spiro atoms. The second-order valence-electron chi connectivity index (χ2n) is 1.15. The van der Waals surface area contributed by atoms with E-state index in [1.807, 2.05) is 0 Å². The summed E-state index contributed by atoms with van der Waals surface area (Å²) >= 11 is 0. The van der Waals surface area contributed by atoms with Gasteiger partial charge in [0, 0.05) is 7.05 Å². The van der Waals surface area contributed by atoms with Crippen LogP contribution in [0.15, 0.2) is 10.2 Å². The average molecular weight is 97.1 g/mol. The fraction of sp³-hybridized carbons (Fsp3) is 0.333. The smallest absolute Gasteiger partial charge is 0.158 e. The fourth-order valence-corrected chi connectivity index (χ4v) is 0.269. The highest BCUT2D eigenvalue weighted by Gasteiger charge is 1.89. The summed E-state index contributed by atoms with van der Waals surface area (Å²) in [5.41, 5.74) is 3.72. The van der Waals surface area contributed by atoms with E-state index in [4.69, 9.17) is 0 Å². The van der Waals surface area contributed by atoms with E-state index >= 15 is 0 Å². The molecule has 1 aliphatic rings. The Balaban J connectivity index is 2.49. The van der Waals surface area contributed by atoms with Crippen molar-refractivity contribution in [2.24, 2.45) is 10.2 Å². The van der Waals surface area contributed by atoms with E-state index in [0.717, 1.165) is 0 Å². The Labute approximate surface area is 41.5 Å². The molecule has 7 heavy (non-hydrogen) atoms. The fourth-order valence-electron chi connectivity index (χ4n) is 0.269. The summed E-state index contributed by atoms with van der Waals surface area (Å²) in [6, 6.07) is 0. The highest BCUT2D eigenvalue weighted by atomic mass is 15.5. The minimum Gasteiger partial charge on any atom is -0.254 e. The zero-order valence-corrected chi connectivity index (χ0v) is 3.94. The molecular formula is C3H5N4. The highest BCUT2D eigenvalue weighted by molar-refractivity contribution is 5.64. The van der Waals surface area contributed by atoms with Gasteiger partial charge in [0.2, 0.25) is 0 Å². The largest absolute Gasteiger partial charge is 0.254 e. The van der Waals surface area contributed by atoms with Crippen LogP contribution in [0.2, 0.25) is 0 Å². The van der Waals surface area contributed by atoms with Gasteiger partial charge in [-0.3, -0.25) is 5.01 Å². The summed E-state index contributed by atoms with van der Waals surface area (Å²) in [6.45, 7) is 0. The Bertz CT molecular complexity index is 106. The molecule has 0 unspecified atom stereocenters. The van der Waals surface area contributed by atoms with Crippen molar-refractivity contribution < 1.29 is 0 Å². The molecule has 0 aliphatic carbocycles. The average Bonchev–Trinajstić information content (AvgIpc) is 1.69. The zero-order valence-electron chi connectivity index (χ0n) is 3.94. The third-order valence-electron chi connectivity index (χ3n) is 0.571. The van der Waals surface area contributed by atoms with Gasteiger partial charge in [-0.2, -0.15) is 5.43 Å². The Morgan fingerprint density at radius 3 is 2.57 bits per heavy atom. The first-order chi connectivity index (χ1) is 3.39. The monoisotopic (exact) mass is 97.1 g/mol. The van der Waals surface area contributed by atoms with Crippen LogP contribution in [0.25, 0.3) is 0 Å². The van der Waals surface area contributed by atoms with E-state index < -0.39 is 0 Å². The van der Waals surface area contributed by atoms with Crippen LogP contribution in [0, 0.1) is 0 Å². The van der Waals surface area contributed by atoms with Gasteiger partial charge in [-0.1, -0.05) is 0 Å². The van der Waals surface area contributed by atoms with E-state index in [1.165, 1.54) is 12.7 Å². The molecule has 0 bridgehead atoms. The molecule has 0 N–H and O–H groups in total. The summed E-state index contributed by atoms with van der Waals surface area (Å²) in [7, 11) is 1.79. The van der Waals surface area contributed by atoms with Gasteiger partial charge in [0.25, 0.3) is 0 Å². The van der Waals surface area contributed by atoms with Crippen molar-refractivity contribution in [2.75, 3.05) is 7.05 Å². The van der Waals surface area contributed by atoms with Gasteiger partial charge in [-0.15, -0.1) is 10.2 Å². The van der Waals surface area contributed by atoms with E-state index in [-0.39, 0.29) is 0 Å². The molecule has 0 saturated heterocycles. The number of hydrogen-bond donors (Lipinski definition) is 0. The molecule has 1 radical (unpaired) electrons. The van der Waals surface area contributed by atoms with Crippen LogP contribution < -0.4 is 5.43 Å². The summed E-state index contributed by atoms with van der Waals surface area (Å²) < 4.78 is 0. The molecule has 0 atom stereocenters. The molecule has 4 nitrogen and oxygen atoms in total. The predicted octanol–water partition coefficient (Wildman–Crippen LogP) is -0.577. The molecule has 0 fully saturated rings. The Kier molecular flexibility index (Phi) is 0.934. The first-order valence-corrected chi connectivity index (χ1v) is 1.88. The third-order valence-corrected chi connectivity index (χ3v) is 0.571. The van der Waals surface area contributed by atoms with E-state index in [0.29, 0.717) is 0 Å². The van der Waals surface area contributed by atoms with E-state index in [2.05, 4.69) is 15.6 Å². The van der Waals surface area contributed by atoms with Crippen LogP contribution in [0.4, 0.5) is 0 Å². The molecular weight excluding hydrogens is 92.1 g/mol. The topological polar surface area (TPSA) is 42.1 Å².